The normalized spacial score (nSPS) is 10.5. The zero-order valence-electron chi connectivity index (χ0n) is 12.9. The molecule has 5 nitrogen and oxygen atoms in total. The van der Waals surface area contributed by atoms with E-state index in [0.717, 1.165) is 16.3 Å². The minimum absolute atomic E-state index is 0.0907. The molecule has 120 valence electrons. The fraction of sp³-hybridized carbons (Fsp3) is 0.105. The van der Waals surface area contributed by atoms with Crippen molar-refractivity contribution in [2.24, 2.45) is 0 Å². The van der Waals surface area contributed by atoms with E-state index >= 15 is 0 Å². The van der Waals surface area contributed by atoms with Crippen molar-refractivity contribution in [1.82, 2.24) is 4.98 Å². The molecule has 2 N–H and O–H groups in total. The number of aliphatic carboxylic acids is 1. The Morgan fingerprint density at radius 2 is 1.75 bits per heavy atom. The van der Waals surface area contributed by atoms with Gasteiger partial charge in [0, 0.05) is 29.9 Å². The van der Waals surface area contributed by atoms with Gasteiger partial charge in [-0.05, 0) is 29.5 Å². The van der Waals surface area contributed by atoms with Gasteiger partial charge in [0.15, 0.2) is 0 Å². The van der Waals surface area contributed by atoms with Crippen molar-refractivity contribution in [3.63, 3.8) is 0 Å². The maximum absolute atomic E-state index is 12.5. The molecule has 0 unspecified atom stereocenters. The molecule has 0 spiro atoms. The molecule has 0 saturated carbocycles. The Bertz CT molecular complexity index is 883. The first-order chi connectivity index (χ1) is 11.6. The number of pyridine rings is 1. The number of carboxylic acids is 1. The van der Waals surface area contributed by atoms with E-state index in [-0.39, 0.29) is 12.3 Å². The van der Waals surface area contributed by atoms with Crippen LogP contribution >= 0.6 is 0 Å². The summed E-state index contributed by atoms with van der Waals surface area (Å²) in [5, 5.41) is 13.3. The summed E-state index contributed by atoms with van der Waals surface area (Å²) in [7, 11) is 0. The lowest BCUT2D eigenvalue weighted by Gasteiger charge is -2.08. The smallest absolute Gasteiger partial charge is 0.303 e. The van der Waals surface area contributed by atoms with Crippen LogP contribution in [0.5, 0.6) is 0 Å². The SMILES string of the molecule is O=C(O)CCc1ccc(NC(=O)c2cncc3ccccc23)cc1. The molecule has 0 aliphatic heterocycles. The number of aryl methyl sites for hydroxylation is 1. The van der Waals surface area contributed by atoms with E-state index in [0.29, 0.717) is 17.7 Å². The van der Waals surface area contributed by atoms with Gasteiger partial charge >= 0.3 is 5.97 Å². The van der Waals surface area contributed by atoms with Crippen LogP contribution in [0, 0.1) is 0 Å². The Hall–Kier alpha value is -3.21. The molecule has 5 heteroatoms. The largest absolute Gasteiger partial charge is 0.481 e. The number of carbonyl (C=O) groups excluding carboxylic acids is 1. The topological polar surface area (TPSA) is 79.3 Å². The Balaban J connectivity index is 1.75. The lowest BCUT2D eigenvalue weighted by atomic mass is 10.1. The number of rotatable bonds is 5. The van der Waals surface area contributed by atoms with Crippen LogP contribution in [0.2, 0.25) is 0 Å². The highest BCUT2D eigenvalue weighted by Gasteiger charge is 2.10. The number of carboxylic acid groups (broad SMARTS) is 1. The van der Waals surface area contributed by atoms with Gasteiger partial charge in [-0.15, -0.1) is 0 Å². The highest BCUT2D eigenvalue weighted by molar-refractivity contribution is 6.12. The van der Waals surface area contributed by atoms with Crippen molar-refractivity contribution in [2.75, 3.05) is 5.32 Å². The van der Waals surface area contributed by atoms with E-state index in [4.69, 9.17) is 5.11 Å². The number of amides is 1. The summed E-state index contributed by atoms with van der Waals surface area (Å²) in [5.74, 6) is -1.05. The van der Waals surface area contributed by atoms with Crippen LogP contribution in [0.15, 0.2) is 60.9 Å². The predicted molar refractivity (Wildman–Crippen MR) is 92.1 cm³/mol. The zero-order valence-corrected chi connectivity index (χ0v) is 12.9. The first kappa shape index (κ1) is 15.7. The maximum atomic E-state index is 12.5. The average Bonchev–Trinajstić information content (AvgIpc) is 2.60. The molecular formula is C19H16N2O3. The van der Waals surface area contributed by atoms with Gasteiger partial charge in [0.1, 0.15) is 0 Å². The van der Waals surface area contributed by atoms with Crippen LogP contribution in [0.3, 0.4) is 0 Å². The molecule has 24 heavy (non-hydrogen) atoms. The third-order valence-electron chi connectivity index (χ3n) is 3.75. The molecular weight excluding hydrogens is 304 g/mol. The zero-order chi connectivity index (χ0) is 16.9. The van der Waals surface area contributed by atoms with Crippen LogP contribution in [-0.2, 0) is 11.2 Å². The van der Waals surface area contributed by atoms with E-state index in [9.17, 15) is 9.59 Å². The van der Waals surface area contributed by atoms with E-state index in [2.05, 4.69) is 10.3 Å². The van der Waals surface area contributed by atoms with Crippen molar-refractivity contribution < 1.29 is 14.7 Å². The molecule has 0 saturated heterocycles. The number of anilines is 1. The Labute approximate surface area is 139 Å². The number of hydrogen-bond acceptors (Lipinski definition) is 3. The number of fused-ring (bicyclic) bond motifs is 1. The summed E-state index contributed by atoms with van der Waals surface area (Å²) in [5.41, 5.74) is 2.09. The molecule has 0 aliphatic rings. The van der Waals surface area contributed by atoms with Crippen molar-refractivity contribution >= 4 is 28.3 Å². The highest BCUT2D eigenvalue weighted by Crippen LogP contribution is 2.19. The summed E-state index contributed by atoms with van der Waals surface area (Å²) in [6, 6.07) is 14.8. The number of aromatic nitrogens is 1. The number of hydrogen-bond donors (Lipinski definition) is 2. The minimum atomic E-state index is -0.823. The lowest BCUT2D eigenvalue weighted by Crippen LogP contribution is -2.12. The Morgan fingerprint density at radius 3 is 2.50 bits per heavy atom. The summed E-state index contributed by atoms with van der Waals surface area (Å²) >= 11 is 0. The third kappa shape index (κ3) is 3.57. The van der Waals surface area contributed by atoms with Gasteiger partial charge < -0.3 is 10.4 Å². The number of nitrogens with zero attached hydrogens (tertiary/aromatic N) is 1. The molecule has 0 fully saturated rings. The second-order valence-electron chi connectivity index (χ2n) is 5.45. The van der Waals surface area contributed by atoms with Crippen LogP contribution in [0.25, 0.3) is 10.8 Å². The predicted octanol–water partition coefficient (Wildman–Crippen LogP) is 3.50. The summed E-state index contributed by atoms with van der Waals surface area (Å²) in [6.45, 7) is 0. The maximum Gasteiger partial charge on any atom is 0.303 e. The van der Waals surface area contributed by atoms with Gasteiger partial charge in [-0.2, -0.15) is 0 Å². The van der Waals surface area contributed by atoms with E-state index in [1.165, 1.54) is 0 Å². The van der Waals surface area contributed by atoms with Crippen LogP contribution in [0.1, 0.15) is 22.3 Å². The second-order valence-corrected chi connectivity index (χ2v) is 5.45. The Kier molecular flexibility index (Phi) is 4.52. The molecule has 1 amide bonds. The first-order valence-electron chi connectivity index (χ1n) is 7.58. The second kappa shape index (κ2) is 6.91. The lowest BCUT2D eigenvalue weighted by molar-refractivity contribution is -0.136. The van der Waals surface area contributed by atoms with Gasteiger partial charge in [0.2, 0.25) is 0 Å². The fourth-order valence-corrected chi connectivity index (χ4v) is 2.50. The van der Waals surface area contributed by atoms with Gasteiger partial charge in [-0.3, -0.25) is 14.6 Å². The summed E-state index contributed by atoms with van der Waals surface area (Å²) < 4.78 is 0. The van der Waals surface area contributed by atoms with Gasteiger partial charge in [-0.25, -0.2) is 0 Å². The van der Waals surface area contributed by atoms with Crippen molar-refractivity contribution in [3.8, 4) is 0 Å². The molecule has 0 atom stereocenters. The van der Waals surface area contributed by atoms with Gasteiger partial charge in [-0.1, -0.05) is 36.4 Å². The van der Waals surface area contributed by atoms with Crippen LogP contribution < -0.4 is 5.32 Å². The summed E-state index contributed by atoms with van der Waals surface area (Å²) in [4.78, 5) is 27.2. The minimum Gasteiger partial charge on any atom is -0.481 e. The molecule has 3 rings (SSSR count). The molecule has 1 aromatic heterocycles. The third-order valence-corrected chi connectivity index (χ3v) is 3.75. The van der Waals surface area contributed by atoms with Crippen molar-refractivity contribution in [3.05, 3.63) is 72.1 Å². The fourth-order valence-electron chi connectivity index (χ4n) is 2.50. The van der Waals surface area contributed by atoms with E-state index < -0.39 is 5.97 Å². The van der Waals surface area contributed by atoms with Gasteiger partial charge in [0.05, 0.1) is 5.56 Å². The standard InChI is InChI=1S/C19H16N2O3/c22-18(23)10-7-13-5-8-15(9-6-13)21-19(24)17-12-20-11-14-3-1-2-4-16(14)17/h1-6,8-9,11-12H,7,10H2,(H,21,24)(H,22,23). The Morgan fingerprint density at radius 1 is 1.00 bits per heavy atom. The first-order valence-corrected chi connectivity index (χ1v) is 7.58. The molecule has 0 bridgehead atoms. The quantitative estimate of drug-likeness (QED) is 0.754. The number of benzene rings is 2. The molecule has 3 aromatic rings. The summed E-state index contributed by atoms with van der Waals surface area (Å²) in [6.07, 6.45) is 3.84. The van der Waals surface area contributed by atoms with Crippen molar-refractivity contribution in [1.29, 1.82) is 0 Å². The highest BCUT2D eigenvalue weighted by atomic mass is 16.4. The van der Waals surface area contributed by atoms with Crippen molar-refractivity contribution in [2.45, 2.75) is 12.8 Å². The van der Waals surface area contributed by atoms with Crippen LogP contribution in [-0.4, -0.2) is 22.0 Å². The molecule has 1 heterocycles. The molecule has 0 radical (unpaired) electrons. The van der Waals surface area contributed by atoms with E-state index in [1.807, 2.05) is 36.4 Å². The number of carbonyl (C=O) groups is 2. The average molecular weight is 320 g/mol. The van der Waals surface area contributed by atoms with E-state index in [1.54, 1.807) is 24.5 Å². The van der Waals surface area contributed by atoms with Crippen LogP contribution in [0.4, 0.5) is 5.69 Å². The number of nitrogens with one attached hydrogen (secondary N) is 1. The molecule has 0 aliphatic carbocycles. The molecule has 2 aromatic carbocycles. The van der Waals surface area contributed by atoms with Gasteiger partial charge in [0.25, 0.3) is 5.91 Å². The monoisotopic (exact) mass is 320 g/mol.